The molecule has 1 aliphatic rings. The van der Waals surface area contributed by atoms with Crippen LogP contribution in [-0.2, 0) is 25.5 Å². The van der Waals surface area contributed by atoms with Crippen molar-refractivity contribution in [1.29, 1.82) is 0 Å². The van der Waals surface area contributed by atoms with E-state index in [2.05, 4.69) is 21.5 Å². The van der Waals surface area contributed by atoms with Crippen molar-refractivity contribution in [2.45, 2.75) is 31.3 Å². The van der Waals surface area contributed by atoms with E-state index in [0.717, 1.165) is 24.8 Å². The highest BCUT2D eigenvalue weighted by Crippen LogP contribution is 2.37. The highest BCUT2D eigenvalue weighted by Gasteiger charge is 2.35. The molecule has 0 aliphatic heterocycles. The first kappa shape index (κ1) is 11.3. The number of hydrogen-bond donors (Lipinski definition) is 1. The number of aryl methyl sites for hydroxylation is 2. The molecule has 1 atom stereocenters. The van der Waals surface area contributed by atoms with Gasteiger partial charge in [0.05, 0.1) is 12.6 Å². The fourth-order valence-corrected chi connectivity index (χ4v) is 2.74. The molecular formula is C13H16N4O. The maximum atomic E-state index is 10.9. The van der Waals surface area contributed by atoms with Crippen LogP contribution in [0.1, 0.15) is 29.8 Å². The number of aliphatic hydroxyl groups is 1. The molecule has 1 heterocycles. The molecule has 0 saturated heterocycles. The van der Waals surface area contributed by atoms with E-state index in [9.17, 15) is 5.11 Å². The molecule has 1 aliphatic carbocycles. The largest absolute Gasteiger partial charge is 0.385 e. The zero-order valence-electron chi connectivity index (χ0n) is 10.4. The molecule has 1 N–H and O–H groups in total. The van der Waals surface area contributed by atoms with Crippen LogP contribution >= 0.6 is 0 Å². The molecule has 0 bridgehead atoms. The summed E-state index contributed by atoms with van der Waals surface area (Å²) in [7, 11) is 1.73. The Kier molecular flexibility index (Phi) is 2.63. The fraction of sp³-hybridized carbons (Fsp3) is 0.462. The molecule has 0 amide bonds. The van der Waals surface area contributed by atoms with E-state index < -0.39 is 5.60 Å². The van der Waals surface area contributed by atoms with Gasteiger partial charge in [-0.3, -0.25) is 0 Å². The van der Waals surface area contributed by atoms with Crippen LogP contribution in [0.15, 0.2) is 24.3 Å². The summed E-state index contributed by atoms with van der Waals surface area (Å²) in [6.45, 7) is 0. The number of fused-ring (bicyclic) bond motifs is 1. The minimum atomic E-state index is -0.849. The molecule has 0 saturated carbocycles. The number of tetrazole rings is 1. The summed E-state index contributed by atoms with van der Waals surface area (Å²) in [5, 5.41) is 22.8. The number of nitrogens with zero attached hydrogens (tertiary/aromatic N) is 4. The summed E-state index contributed by atoms with van der Waals surface area (Å²) >= 11 is 0. The summed E-state index contributed by atoms with van der Waals surface area (Å²) in [6.07, 6.45) is 3.21. The second-order valence-electron chi connectivity index (χ2n) is 4.91. The van der Waals surface area contributed by atoms with Gasteiger partial charge in [-0.25, -0.2) is 0 Å². The van der Waals surface area contributed by atoms with Crippen LogP contribution in [0, 0.1) is 0 Å². The molecule has 5 nitrogen and oxygen atoms in total. The van der Waals surface area contributed by atoms with Gasteiger partial charge in [0.1, 0.15) is 0 Å². The van der Waals surface area contributed by atoms with Gasteiger partial charge in [0, 0.05) is 6.42 Å². The van der Waals surface area contributed by atoms with Crippen LogP contribution < -0.4 is 0 Å². The smallest absolute Gasteiger partial charge is 0.178 e. The molecular weight excluding hydrogens is 228 g/mol. The molecule has 18 heavy (non-hydrogen) atoms. The van der Waals surface area contributed by atoms with Crippen LogP contribution in [0.5, 0.6) is 0 Å². The topological polar surface area (TPSA) is 63.8 Å². The van der Waals surface area contributed by atoms with E-state index in [1.807, 2.05) is 18.2 Å². The van der Waals surface area contributed by atoms with Gasteiger partial charge in [-0.05, 0) is 35.6 Å². The maximum absolute atomic E-state index is 10.9. The molecule has 5 heteroatoms. The van der Waals surface area contributed by atoms with Crippen molar-refractivity contribution in [1.82, 2.24) is 20.2 Å². The van der Waals surface area contributed by atoms with E-state index in [1.165, 1.54) is 10.4 Å². The van der Waals surface area contributed by atoms with E-state index >= 15 is 0 Å². The van der Waals surface area contributed by atoms with Crippen LogP contribution in [0.25, 0.3) is 0 Å². The Hall–Kier alpha value is -1.75. The quantitative estimate of drug-likeness (QED) is 0.855. The molecule has 0 radical (unpaired) electrons. The molecule has 0 fully saturated rings. The second kappa shape index (κ2) is 4.17. The monoisotopic (exact) mass is 244 g/mol. The van der Waals surface area contributed by atoms with Crippen molar-refractivity contribution in [2.24, 2.45) is 7.05 Å². The Morgan fingerprint density at radius 3 is 3.00 bits per heavy atom. The van der Waals surface area contributed by atoms with Gasteiger partial charge in [-0.15, -0.1) is 10.2 Å². The number of benzene rings is 1. The van der Waals surface area contributed by atoms with Crippen molar-refractivity contribution in [2.75, 3.05) is 0 Å². The third kappa shape index (κ3) is 1.90. The summed E-state index contributed by atoms with van der Waals surface area (Å²) in [5.41, 5.74) is 1.40. The lowest BCUT2D eigenvalue weighted by molar-refractivity contribution is 0.0171. The minimum absolute atomic E-state index is 0.428. The Bertz CT molecular complexity index is 566. The third-order valence-corrected chi connectivity index (χ3v) is 3.56. The normalized spacial score (nSPS) is 22.8. The van der Waals surface area contributed by atoms with E-state index in [4.69, 9.17) is 0 Å². The first-order chi connectivity index (χ1) is 8.67. The average Bonchev–Trinajstić information content (AvgIpc) is 2.75. The predicted octanol–water partition coefficient (Wildman–Crippen LogP) is 0.977. The van der Waals surface area contributed by atoms with Crippen LogP contribution in [0.3, 0.4) is 0 Å². The first-order valence-electron chi connectivity index (χ1n) is 6.21. The highest BCUT2D eigenvalue weighted by atomic mass is 16.3. The van der Waals surface area contributed by atoms with Gasteiger partial charge in [-0.2, -0.15) is 4.80 Å². The highest BCUT2D eigenvalue weighted by molar-refractivity contribution is 5.35. The number of rotatable bonds is 2. The van der Waals surface area contributed by atoms with Gasteiger partial charge in [-0.1, -0.05) is 24.3 Å². The zero-order valence-corrected chi connectivity index (χ0v) is 10.4. The molecule has 2 aromatic rings. The van der Waals surface area contributed by atoms with Gasteiger partial charge < -0.3 is 5.11 Å². The van der Waals surface area contributed by atoms with Crippen molar-refractivity contribution >= 4 is 0 Å². The molecule has 94 valence electrons. The van der Waals surface area contributed by atoms with Gasteiger partial charge >= 0.3 is 0 Å². The first-order valence-corrected chi connectivity index (χ1v) is 6.21. The lowest BCUT2D eigenvalue weighted by Gasteiger charge is -2.33. The summed E-state index contributed by atoms with van der Waals surface area (Å²) in [4.78, 5) is 1.42. The van der Waals surface area contributed by atoms with Gasteiger partial charge in [0.25, 0.3) is 0 Å². The van der Waals surface area contributed by atoms with Crippen LogP contribution in [0.4, 0.5) is 0 Å². The third-order valence-electron chi connectivity index (χ3n) is 3.56. The van der Waals surface area contributed by atoms with Crippen molar-refractivity contribution in [3.05, 3.63) is 41.2 Å². The van der Waals surface area contributed by atoms with Crippen molar-refractivity contribution in [3.8, 4) is 0 Å². The summed E-state index contributed by atoms with van der Waals surface area (Å²) < 4.78 is 0. The fourth-order valence-electron chi connectivity index (χ4n) is 2.74. The van der Waals surface area contributed by atoms with Gasteiger partial charge in [0.2, 0.25) is 0 Å². The van der Waals surface area contributed by atoms with E-state index in [0.29, 0.717) is 12.2 Å². The lowest BCUT2D eigenvalue weighted by atomic mass is 9.77. The second-order valence-corrected chi connectivity index (χ2v) is 4.91. The molecule has 1 aromatic heterocycles. The van der Waals surface area contributed by atoms with E-state index in [1.54, 1.807) is 7.05 Å². The van der Waals surface area contributed by atoms with Gasteiger partial charge in [0.15, 0.2) is 5.82 Å². The summed E-state index contributed by atoms with van der Waals surface area (Å²) in [6, 6.07) is 8.08. The Balaban J connectivity index is 1.95. The van der Waals surface area contributed by atoms with Crippen LogP contribution in [-0.4, -0.2) is 25.3 Å². The number of aromatic nitrogens is 4. The van der Waals surface area contributed by atoms with E-state index in [-0.39, 0.29) is 0 Å². The molecule has 1 aromatic carbocycles. The van der Waals surface area contributed by atoms with Crippen LogP contribution in [0.2, 0.25) is 0 Å². The van der Waals surface area contributed by atoms with Crippen molar-refractivity contribution in [3.63, 3.8) is 0 Å². The Morgan fingerprint density at radius 2 is 2.22 bits per heavy atom. The summed E-state index contributed by atoms with van der Waals surface area (Å²) in [5.74, 6) is 0.594. The average molecular weight is 244 g/mol. The Morgan fingerprint density at radius 1 is 1.39 bits per heavy atom. The number of hydrogen-bond acceptors (Lipinski definition) is 4. The Labute approximate surface area is 105 Å². The molecule has 3 rings (SSSR count). The predicted molar refractivity (Wildman–Crippen MR) is 65.8 cm³/mol. The van der Waals surface area contributed by atoms with Crippen molar-refractivity contribution < 1.29 is 5.11 Å². The zero-order chi connectivity index (χ0) is 12.6. The maximum Gasteiger partial charge on any atom is 0.178 e. The standard InChI is InChI=1S/C13H16N4O/c1-17-15-12(14-16-17)9-13(18)8-4-6-10-5-2-3-7-11(10)13/h2-3,5,7,18H,4,6,8-9H2,1H3. The lowest BCUT2D eigenvalue weighted by Crippen LogP contribution is -2.33. The molecule has 1 unspecified atom stereocenters. The SMILES string of the molecule is Cn1nnc(CC2(O)CCCc3ccccc32)n1. The molecule has 0 spiro atoms. The minimum Gasteiger partial charge on any atom is -0.385 e.